The van der Waals surface area contributed by atoms with Gasteiger partial charge in [-0.25, -0.2) is 0 Å². The number of rotatable bonds is 1. The molecule has 0 aromatic heterocycles. The third-order valence-electron chi connectivity index (χ3n) is 3.05. The smallest absolute Gasteiger partial charge is 0.325 e. The molecule has 0 bridgehead atoms. The van der Waals surface area contributed by atoms with Crippen LogP contribution in [0.2, 0.25) is 0 Å². The fourth-order valence-electron chi connectivity index (χ4n) is 2.00. The topological polar surface area (TPSA) is 26.0 Å². The highest BCUT2D eigenvalue weighted by molar-refractivity contribution is 4.91. The van der Waals surface area contributed by atoms with Crippen molar-refractivity contribution >= 4 is 0 Å². The lowest BCUT2D eigenvalue weighted by atomic mass is 9.74. The summed E-state index contributed by atoms with van der Waals surface area (Å²) >= 11 is 0. The first-order valence-corrected chi connectivity index (χ1v) is 4.73. The van der Waals surface area contributed by atoms with Crippen molar-refractivity contribution in [2.75, 3.05) is 0 Å². The van der Waals surface area contributed by atoms with Gasteiger partial charge >= 0.3 is 6.18 Å². The minimum atomic E-state index is -4.06. The van der Waals surface area contributed by atoms with Crippen LogP contribution in [-0.4, -0.2) is 11.7 Å². The van der Waals surface area contributed by atoms with Crippen LogP contribution >= 0.6 is 0 Å². The average molecular weight is 195 g/mol. The minimum absolute atomic E-state index is 0.104. The Labute approximate surface area is 76.5 Å². The molecule has 0 heterocycles. The summed E-state index contributed by atoms with van der Waals surface area (Å²) in [4.78, 5) is 0. The molecule has 0 aromatic rings. The van der Waals surface area contributed by atoms with E-state index in [1.165, 1.54) is 0 Å². The predicted octanol–water partition coefficient (Wildman–Crippen LogP) is 2.85. The first-order valence-electron chi connectivity index (χ1n) is 4.73. The van der Waals surface area contributed by atoms with Crippen LogP contribution in [0, 0.1) is 5.92 Å². The molecule has 0 saturated heterocycles. The summed E-state index contributed by atoms with van der Waals surface area (Å²) < 4.78 is 37.1. The summed E-state index contributed by atoms with van der Waals surface area (Å²) in [6.45, 7) is 1.86. The van der Waals surface area contributed by atoms with Gasteiger partial charge in [-0.1, -0.05) is 13.3 Å². The SMILES string of the molecule is CCC1(N)CCCC(C(F)(F)F)C1. The van der Waals surface area contributed by atoms with Crippen LogP contribution in [0.4, 0.5) is 13.2 Å². The fourth-order valence-corrected chi connectivity index (χ4v) is 2.00. The lowest BCUT2D eigenvalue weighted by Crippen LogP contribution is -2.46. The molecule has 1 nitrogen and oxygen atoms in total. The van der Waals surface area contributed by atoms with Crippen LogP contribution in [0.15, 0.2) is 0 Å². The Kier molecular flexibility index (Phi) is 2.90. The monoisotopic (exact) mass is 195 g/mol. The van der Waals surface area contributed by atoms with E-state index in [4.69, 9.17) is 5.73 Å². The lowest BCUT2D eigenvalue weighted by Gasteiger charge is -2.38. The summed E-state index contributed by atoms with van der Waals surface area (Å²) in [5.41, 5.74) is 5.27. The number of hydrogen-bond acceptors (Lipinski definition) is 1. The molecule has 2 unspecified atom stereocenters. The third-order valence-corrected chi connectivity index (χ3v) is 3.05. The van der Waals surface area contributed by atoms with Crippen LogP contribution in [0.3, 0.4) is 0 Å². The van der Waals surface area contributed by atoms with Gasteiger partial charge in [0.1, 0.15) is 0 Å². The van der Waals surface area contributed by atoms with E-state index in [-0.39, 0.29) is 12.8 Å². The number of nitrogens with two attached hydrogens (primary N) is 1. The van der Waals surface area contributed by atoms with Crippen molar-refractivity contribution < 1.29 is 13.2 Å². The van der Waals surface area contributed by atoms with Crippen LogP contribution < -0.4 is 5.73 Å². The number of halogens is 3. The summed E-state index contributed by atoms with van der Waals surface area (Å²) in [6.07, 6.45) is -1.72. The molecule has 13 heavy (non-hydrogen) atoms. The number of hydrogen-bond donors (Lipinski definition) is 1. The predicted molar refractivity (Wildman–Crippen MR) is 45.2 cm³/mol. The molecule has 4 heteroatoms. The highest BCUT2D eigenvalue weighted by atomic mass is 19.4. The van der Waals surface area contributed by atoms with E-state index in [0.717, 1.165) is 6.42 Å². The summed E-state index contributed by atoms with van der Waals surface area (Å²) in [7, 11) is 0. The van der Waals surface area contributed by atoms with Crippen LogP contribution in [0.1, 0.15) is 39.0 Å². The van der Waals surface area contributed by atoms with E-state index in [1.807, 2.05) is 6.92 Å². The Morgan fingerprint density at radius 1 is 1.46 bits per heavy atom. The highest BCUT2D eigenvalue weighted by Crippen LogP contribution is 2.41. The largest absolute Gasteiger partial charge is 0.391 e. The molecule has 2 N–H and O–H groups in total. The highest BCUT2D eigenvalue weighted by Gasteiger charge is 2.45. The zero-order valence-corrected chi connectivity index (χ0v) is 7.82. The zero-order chi connectivity index (χ0) is 10.1. The standard InChI is InChI=1S/C9H16F3N/c1-2-8(13)5-3-4-7(6-8)9(10,11)12/h7H,2-6,13H2,1H3. The van der Waals surface area contributed by atoms with E-state index in [9.17, 15) is 13.2 Å². The first-order chi connectivity index (χ1) is 5.87. The first kappa shape index (κ1) is 10.8. The molecular formula is C9H16F3N. The maximum Gasteiger partial charge on any atom is 0.391 e. The van der Waals surface area contributed by atoms with Gasteiger partial charge < -0.3 is 5.73 Å². The second-order valence-corrected chi connectivity index (χ2v) is 4.05. The van der Waals surface area contributed by atoms with Crippen molar-refractivity contribution in [2.24, 2.45) is 11.7 Å². The van der Waals surface area contributed by atoms with Crippen molar-refractivity contribution in [3.8, 4) is 0 Å². The molecule has 0 aromatic carbocycles. The second kappa shape index (κ2) is 3.48. The molecule has 2 atom stereocenters. The lowest BCUT2D eigenvalue weighted by molar-refractivity contribution is -0.187. The van der Waals surface area contributed by atoms with Gasteiger partial charge in [0.2, 0.25) is 0 Å². The summed E-state index contributed by atoms with van der Waals surface area (Å²) in [5.74, 6) is -1.17. The van der Waals surface area contributed by atoms with Gasteiger partial charge in [0.05, 0.1) is 5.92 Å². The van der Waals surface area contributed by atoms with Crippen molar-refractivity contribution in [1.29, 1.82) is 0 Å². The maximum absolute atomic E-state index is 12.4. The van der Waals surface area contributed by atoms with E-state index < -0.39 is 17.6 Å². The van der Waals surface area contributed by atoms with Gasteiger partial charge in [-0.2, -0.15) is 13.2 Å². The van der Waals surface area contributed by atoms with Crippen LogP contribution in [0.5, 0.6) is 0 Å². The van der Waals surface area contributed by atoms with Crippen molar-refractivity contribution in [3.05, 3.63) is 0 Å². The van der Waals surface area contributed by atoms with E-state index >= 15 is 0 Å². The Balaban J connectivity index is 2.62. The molecule has 1 saturated carbocycles. The molecule has 0 amide bonds. The van der Waals surface area contributed by atoms with E-state index in [0.29, 0.717) is 12.8 Å². The maximum atomic E-state index is 12.4. The minimum Gasteiger partial charge on any atom is -0.325 e. The van der Waals surface area contributed by atoms with Crippen LogP contribution in [-0.2, 0) is 0 Å². The van der Waals surface area contributed by atoms with Gasteiger partial charge in [-0.05, 0) is 25.7 Å². The van der Waals surface area contributed by atoms with Gasteiger partial charge in [-0.15, -0.1) is 0 Å². The van der Waals surface area contributed by atoms with Gasteiger partial charge in [0.25, 0.3) is 0 Å². The fraction of sp³-hybridized carbons (Fsp3) is 1.00. The van der Waals surface area contributed by atoms with E-state index in [1.54, 1.807) is 0 Å². The molecule has 78 valence electrons. The molecular weight excluding hydrogens is 179 g/mol. The zero-order valence-electron chi connectivity index (χ0n) is 7.82. The van der Waals surface area contributed by atoms with Gasteiger partial charge in [0.15, 0.2) is 0 Å². The summed E-state index contributed by atoms with van der Waals surface area (Å²) in [6, 6.07) is 0. The van der Waals surface area contributed by atoms with Gasteiger partial charge in [-0.3, -0.25) is 0 Å². The van der Waals surface area contributed by atoms with Gasteiger partial charge in [0, 0.05) is 5.54 Å². The average Bonchev–Trinajstić information content (AvgIpc) is 2.03. The van der Waals surface area contributed by atoms with Crippen molar-refractivity contribution in [2.45, 2.75) is 50.7 Å². The molecule has 0 radical (unpaired) electrons. The Hall–Kier alpha value is -0.250. The quantitative estimate of drug-likeness (QED) is 0.684. The molecule has 1 rings (SSSR count). The van der Waals surface area contributed by atoms with Crippen molar-refractivity contribution in [3.63, 3.8) is 0 Å². The normalized spacial score (nSPS) is 36.2. The third kappa shape index (κ3) is 2.59. The Morgan fingerprint density at radius 3 is 2.54 bits per heavy atom. The van der Waals surface area contributed by atoms with E-state index in [2.05, 4.69) is 0 Å². The molecule has 1 aliphatic carbocycles. The molecule has 1 fully saturated rings. The Bertz CT molecular complexity index is 178. The summed E-state index contributed by atoms with van der Waals surface area (Å²) in [5, 5.41) is 0. The molecule has 1 aliphatic rings. The molecule has 0 aliphatic heterocycles. The number of alkyl halides is 3. The van der Waals surface area contributed by atoms with Crippen molar-refractivity contribution in [1.82, 2.24) is 0 Å². The van der Waals surface area contributed by atoms with Crippen LogP contribution in [0.25, 0.3) is 0 Å². The Morgan fingerprint density at radius 2 is 2.08 bits per heavy atom. The second-order valence-electron chi connectivity index (χ2n) is 4.05. The molecule has 0 spiro atoms.